The lowest BCUT2D eigenvalue weighted by atomic mass is 10.1. The minimum absolute atomic E-state index is 0.297. The van der Waals surface area contributed by atoms with Crippen LogP contribution in [0.3, 0.4) is 0 Å². The Kier molecular flexibility index (Phi) is 6.45. The number of nitrogens with one attached hydrogen (secondary N) is 3. The highest BCUT2D eigenvalue weighted by Crippen LogP contribution is 2.18. The SMILES string of the molecule is CS(=O)(=O)N[C@@H]1CCCN(C(=O)Nc2cccc(NC(=O)c3cccnc3)c2)C1. The molecule has 0 unspecified atom stereocenters. The minimum atomic E-state index is -3.32. The number of carbonyl (C=O) groups excluding carboxylic acids is 2. The molecule has 0 saturated carbocycles. The fourth-order valence-electron chi connectivity index (χ4n) is 3.14. The summed E-state index contributed by atoms with van der Waals surface area (Å²) >= 11 is 0. The Balaban J connectivity index is 1.61. The van der Waals surface area contributed by atoms with E-state index in [9.17, 15) is 18.0 Å². The topological polar surface area (TPSA) is 121 Å². The van der Waals surface area contributed by atoms with Gasteiger partial charge in [0.15, 0.2) is 0 Å². The largest absolute Gasteiger partial charge is 0.323 e. The molecular formula is C19H23N5O4S. The molecule has 1 atom stereocenters. The molecule has 1 aromatic carbocycles. The number of hydrogen-bond donors (Lipinski definition) is 3. The van der Waals surface area contributed by atoms with Crippen molar-refractivity contribution in [3.05, 3.63) is 54.4 Å². The van der Waals surface area contributed by atoms with E-state index in [0.717, 1.165) is 6.26 Å². The number of likely N-dealkylation sites (tertiary alicyclic amines) is 1. The Hall–Kier alpha value is -2.98. The van der Waals surface area contributed by atoms with Gasteiger partial charge in [-0.15, -0.1) is 0 Å². The number of nitrogens with zero attached hydrogens (tertiary/aromatic N) is 2. The summed E-state index contributed by atoms with van der Waals surface area (Å²) in [7, 11) is -3.32. The van der Waals surface area contributed by atoms with Crippen LogP contribution >= 0.6 is 0 Å². The molecule has 10 heteroatoms. The third-order valence-corrected chi connectivity index (χ3v) is 5.15. The second-order valence-corrected chi connectivity index (χ2v) is 8.66. The number of pyridine rings is 1. The van der Waals surface area contributed by atoms with Crippen molar-refractivity contribution in [1.82, 2.24) is 14.6 Å². The fourth-order valence-corrected chi connectivity index (χ4v) is 3.94. The van der Waals surface area contributed by atoms with Crippen molar-refractivity contribution in [2.24, 2.45) is 0 Å². The van der Waals surface area contributed by atoms with Crippen LogP contribution in [0.5, 0.6) is 0 Å². The monoisotopic (exact) mass is 417 g/mol. The van der Waals surface area contributed by atoms with Crippen molar-refractivity contribution in [2.75, 3.05) is 30.0 Å². The van der Waals surface area contributed by atoms with Gasteiger partial charge < -0.3 is 15.5 Å². The summed E-state index contributed by atoms with van der Waals surface area (Å²) < 4.78 is 25.4. The maximum absolute atomic E-state index is 12.6. The zero-order valence-electron chi connectivity index (χ0n) is 16.0. The molecule has 1 aromatic heterocycles. The first-order chi connectivity index (χ1) is 13.8. The van der Waals surface area contributed by atoms with E-state index in [1.807, 2.05) is 0 Å². The van der Waals surface area contributed by atoms with E-state index in [2.05, 4.69) is 20.3 Å². The number of benzene rings is 1. The number of hydrogen-bond acceptors (Lipinski definition) is 5. The second kappa shape index (κ2) is 9.01. The van der Waals surface area contributed by atoms with Gasteiger partial charge >= 0.3 is 6.03 Å². The quantitative estimate of drug-likeness (QED) is 0.686. The van der Waals surface area contributed by atoms with Gasteiger partial charge in [-0.05, 0) is 43.2 Å². The summed E-state index contributed by atoms with van der Waals surface area (Å²) in [6.07, 6.45) is 5.56. The van der Waals surface area contributed by atoms with E-state index in [1.54, 1.807) is 47.5 Å². The van der Waals surface area contributed by atoms with Gasteiger partial charge in [0.2, 0.25) is 10.0 Å². The number of aromatic nitrogens is 1. The zero-order chi connectivity index (χ0) is 20.9. The normalized spacial score (nSPS) is 16.9. The van der Waals surface area contributed by atoms with Crippen molar-refractivity contribution in [2.45, 2.75) is 18.9 Å². The van der Waals surface area contributed by atoms with Gasteiger partial charge in [-0.3, -0.25) is 9.78 Å². The molecule has 0 bridgehead atoms. The first-order valence-electron chi connectivity index (χ1n) is 9.15. The van der Waals surface area contributed by atoms with Crippen LogP contribution in [0.1, 0.15) is 23.2 Å². The van der Waals surface area contributed by atoms with Crippen molar-refractivity contribution < 1.29 is 18.0 Å². The van der Waals surface area contributed by atoms with E-state index >= 15 is 0 Å². The molecular weight excluding hydrogens is 394 g/mol. The van der Waals surface area contributed by atoms with E-state index in [0.29, 0.717) is 42.9 Å². The number of rotatable bonds is 5. The highest BCUT2D eigenvalue weighted by molar-refractivity contribution is 7.88. The minimum Gasteiger partial charge on any atom is -0.323 e. The van der Waals surface area contributed by atoms with Gasteiger partial charge in [0.25, 0.3) is 5.91 Å². The van der Waals surface area contributed by atoms with E-state index in [1.165, 1.54) is 6.20 Å². The predicted octanol–water partition coefficient (Wildman–Crippen LogP) is 1.88. The summed E-state index contributed by atoms with van der Waals surface area (Å²) in [5.41, 5.74) is 1.49. The van der Waals surface area contributed by atoms with Crippen LogP contribution < -0.4 is 15.4 Å². The Morgan fingerprint density at radius 3 is 2.59 bits per heavy atom. The molecule has 1 saturated heterocycles. The maximum Gasteiger partial charge on any atom is 0.321 e. The van der Waals surface area contributed by atoms with Crippen LogP contribution in [-0.4, -0.2) is 55.6 Å². The number of anilines is 2. The predicted molar refractivity (Wildman–Crippen MR) is 110 cm³/mol. The van der Waals surface area contributed by atoms with E-state index in [-0.39, 0.29) is 18.0 Å². The summed E-state index contributed by atoms with van der Waals surface area (Å²) in [5.74, 6) is -0.299. The molecule has 1 fully saturated rings. The second-order valence-electron chi connectivity index (χ2n) is 6.88. The summed E-state index contributed by atoms with van der Waals surface area (Å²) in [6, 6.07) is 9.53. The molecule has 2 heterocycles. The van der Waals surface area contributed by atoms with Gasteiger partial charge in [0.05, 0.1) is 11.8 Å². The molecule has 1 aliphatic heterocycles. The van der Waals surface area contributed by atoms with Crippen LogP contribution in [0.15, 0.2) is 48.8 Å². The van der Waals surface area contributed by atoms with Crippen molar-refractivity contribution in [3.63, 3.8) is 0 Å². The average molecular weight is 417 g/mol. The lowest BCUT2D eigenvalue weighted by Crippen LogP contribution is -2.50. The molecule has 3 amide bonds. The standard InChI is InChI=1S/C19H23N5O4S/c1-29(27,28)23-17-8-4-10-24(13-17)19(26)22-16-7-2-6-15(11-16)21-18(25)14-5-3-9-20-12-14/h2-3,5-7,9,11-12,17,23H,4,8,10,13H2,1H3,(H,21,25)(H,22,26)/t17-/m1/s1. The number of urea groups is 1. The summed E-state index contributed by atoms with van der Waals surface area (Å²) in [6.45, 7) is 0.849. The van der Waals surface area contributed by atoms with Crippen molar-refractivity contribution in [1.29, 1.82) is 0 Å². The van der Waals surface area contributed by atoms with Crippen molar-refractivity contribution >= 4 is 33.3 Å². The van der Waals surface area contributed by atoms with Gasteiger partial charge in [-0.25, -0.2) is 17.9 Å². The number of sulfonamides is 1. The van der Waals surface area contributed by atoms with Crippen LogP contribution in [0.25, 0.3) is 0 Å². The summed E-state index contributed by atoms with van der Waals surface area (Å²) in [5, 5.41) is 5.56. The molecule has 29 heavy (non-hydrogen) atoms. The molecule has 0 spiro atoms. The Labute approximate surface area is 169 Å². The van der Waals surface area contributed by atoms with E-state index < -0.39 is 10.0 Å². The molecule has 9 nitrogen and oxygen atoms in total. The van der Waals surface area contributed by atoms with E-state index in [4.69, 9.17) is 0 Å². The lowest BCUT2D eigenvalue weighted by Gasteiger charge is -2.32. The van der Waals surface area contributed by atoms with Crippen LogP contribution in [0, 0.1) is 0 Å². The maximum atomic E-state index is 12.6. The number of piperidine rings is 1. The van der Waals surface area contributed by atoms with Crippen LogP contribution in [0.2, 0.25) is 0 Å². The Bertz CT molecular complexity index is 981. The molecule has 2 aromatic rings. The van der Waals surface area contributed by atoms with Crippen LogP contribution in [0.4, 0.5) is 16.2 Å². The van der Waals surface area contributed by atoms with Gasteiger partial charge in [-0.2, -0.15) is 0 Å². The van der Waals surface area contributed by atoms with Gasteiger partial charge in [0.1, 0.15) is 0 Å². The highest BCUT2D eigenvalue weighted by Gasteiger charge is 2.25. The fraction of sp³-hybridized carbons (Fsp3) is 0.316. The summed E-state index contributed by atoms with van der Waals surface area (Å²) in [4.78, 5) is 30.3. The number of amides is 3. The first kappa shape index (κ1) is 20.7. The third kappa shape index (κ3) is 6.26. The molecule has 3 N–H and O–H groups in total. The van der Waals surface area contributed by atoms with Gasteiger partial charge in [-0.1, -0.05) is 6.07 Å². The van der Waals surface area contributed by atoms with Crippen LogP contribution in [-0.2, 0) is 10.0 Å². The average Bonchev–Trinajstić information content (AvgIpc) is 2.68. The Morgan fingerprint density at radius 2 is 1.90 bits per heavy atom. The smallest absolute Gasteiger partial charge is 0.321 e. The molecule has 154 valence electrons. The number of carbonyl (C=O) groups is 2. The van der Waals surface area contributed by atoms with Gasteiger partial charge in [0, 0.05) is 42.9 Å². The lowest BCUT2D eigenvalue weighted by molar-refractivity contribution is 0.102. The molecule has 0 radical (unpaired) electrons. The first-order valence-corrected chi connectivity index (χ1v) is 11.0. The molecule has 3 rings (SSSR count). The Morgan fingerprint density at radius 1 is 1.14 bits per heavy atom. The van der Waals surface area contributed by atoms with Crippen molar-refractivity contribution in [3.8, 4) is 0 Å². The zero-order valence-corrected chi connectivity index (χ0v) is 16.8. The molecule has 1 aliphatic rings. The third-order valence-electron chi connectivity index (χ3n) is 4.38. The molecule has 0 aliphatic carbocycles. The highest BCUT2D eigenvalue weighted by atomic mass is 32.2.